The minimum Gasteiger partial charge on any atom is -0.493 e. The maximum Gasteiger partial charge on any atom is 0.410 e. The van der Waals surface area contributed by atoms with Crippen molar-refractivity contribution in [3.8, 4) is 5.75 Å². The molecule has 2 aliphatic heterocycles. The van der Waals surface area contributed by atoms with Gasteiger partial charge in [0.1, 0.15) is 28.7 Å². The third-order valence-electron chi connectivity index (χ3n) is 8.38. The lowest BCUT2D eigenvalue weighted by atomic mass is 9.84. The first-order valence-electron chi connectivity index (χ1n) is 16.5. The van der Waals surface area contributed by atoms with Gasteiger partial charge in [-0.05, 0) is 89.8 Å². The Hall–Kier alpha value is -3.61. The number of nitrogens with one attached hydrogen (secondary N) is 1. The first-order valence-corrected chi connectivity index (χ1v) is 16.5. The van der Waals surface area contributed by atoms with Gasteiger partial charge in [0.2, 0.25) is 0 Å². The van der Waals surface area contributed by atoms with Gasteiger partial charge in [-0.25, -0.2) is 18.3 Å². The van der Waals surface area contributed by atoms with Crippen LogP contribution in [-0.4, -0.2) is 77.4 Å². The Balaban J connectivity index is 1.50. The fourth-order valence-electron chi connectivity index (χ4n) is 6.35. The molecule has 2 unspecified atom stereocenters. The quantitative estimate of drug-likeness (QED) is 0.174. The molecule has 1 aromatic heterocycles. The van der Waals surface area contributed by atoms with E-state index in [-0.39, 0.29) is 25.1 Å². The number of carbonyl (C=O) groups is 1. The highest BCUT2D eigenvalue weighted by molar-refractivity contribution is 6.09. The van der Waals surface area contributed by atoms with Crippen molar-refractivity contribution in [2.24, 2.45) is 5.92 Å². The Labute approximate surface area is 274 Å². The van der Waals surface area contributed by atoms with Crippen LogP contribution in [0.15, 0.2) is 36.4 Å². The second kappa shape index (κ2) is 14.7. The summed E-state index contributed by atoms with van der Waals surface area (Å²) in [6.45, 7) is 11.2. The van der Waals surface area contributed by atoms with Crippen LogP contribution in [0.3, 0.4) is 0 Å². The van der Waals surface area contributed by atoms with Crippen LogP contribution in [0.5, 0.6) is 5.75 Å². The predicted molar refractivity (Wildman–Crippen MR) is 173 cm³/mol. The van der Waals surface area contributed by atoms with E-state index in [9.17, 15) is 19.0 Å². The van der Waals surface area contributed by atoms with Crippen molar-refractivity contribution in [2.75, 3.05) is 39.5 Å². The van der Waals surface area contributed by atoms with Crippen LogP contribution in [0.2, 0.25) is 0 Å². The van der Waals surface area contributed by atoms with Crippen molar-refractivity contribution in [3.63, 3.8) is 0 Å². The summed E-state index contributed by atoms with van der Waals surface area (Å²) in [6, 6.07) is 8.95. The zero-order valence-electron chi connectivity index (χ0n) is 27.9. The zero-order valence-corrected chi connectivity index (χ0v) is 27.9. The molecule has 2 saturated heterocycles. The van der Waals surface area contributed by atoms with Crippen LogP contribution in [0.4, 0.5) is 13.6 Å². The number of ether oxygens (including phenoxy) is 5. The second-order valence-electron chi connectivity index (χ2n) is 13.0. The number of aromatic nitrogens is 2. The summed E-state index contributed by atoms with van der Waals surface area (Å²) in [6.07, 6.45) is 2.64. The first-order chi connectivity index (χ1) is 22.4. The molecular weight excluding hydrogens is 610 g/mol. The Bertz CT molecular complexity index is 1540. The van der Waals surface area contributed by atoms with Gasteiger partial charge in [-0.3, -0.25) is 0 Å². The standard InChI is InChI=1S/C35H46F2N4O6/c1-6-45-35(46-7-2)14-15-40(33(42)47-34(3,4)5)22-28(35)31(38)32-27-21-26(43-17-13-23-18-24(36)20-25(37)19-23)11-12-29(27)41(39-32)30-10-8-9-16-44-30/h11-12,18-21,28,30,38H,6-10,13-17,22H2,1-5H3. The molecule has 5 rings (SSSR count). The molecule has 0 spiro atoms. The molecule has 0 saturated carbocycles. The number of likely N-dealkylation sites (tertiary alicyclic amines) is 1. The van der Waals surface area contributed by atoms with Crippen LogP contribution < -0.4 is 4.74 Å². The molecule has 12 heteroatoms. The van der Waals surface area contributed by atoms with E-state index in [0.29, 0.717) is 61.6 Å². The average molecular weight is 657 g/mol. The second-order valence-corrected chi connectivity index (χ2v) is 13.0. The van der Waals surface area contributed by atoms with Gasteiger partial charge < -0.3 is 34.0 Å². The van der Waals surface area contributed by atoms with Crippen molar-refractivity contribution in [2.45, 2.75) is 84.3 Å². The Morgan fingerprint density at radius 3 is 2.45 bits per heavy atom. The number of piperidine rings is 1. The number of hydrogen-bond acceptors (Lipinski definition) is 8. The summed E-state index contributed by atoms with van der Waals surface area (Å²) < 4.78 is 59.7. The molecule has 0 radical (unpaired) electrons. The number of fused-ring (bicyclic) bond motifs is 1. The van der Waals surface area contributed by atoms with Crippen molar-refractivity contribution >= 4 is 22.7 Å². The molecule has 3 heterocycles. The summed E-state index contributed by atoms with van der Waals surface area (Å²) in [5.41, 5.74) is 1.15. The number of carbonyl (C=O) groups excluding carboxylic acids is 1. The van der Waals surface area contributed by atoms with Gasteiger partial charge in [-0.15, -0.1) is 0 Å². The van der Waals surface area contributed by atoms with E-state index in [1.807, 2.05) is 57.5 Å². The van der Waals surface area contributed by atoms with Crippen LogP contribution >= 0.6 is 0 Å². The third-order valence-corrected chi connectivity index (χ3v) is 8.38. The number of amides is 1. The van der Waals surface area contributed by atoms with Gasteiger partial charge in [-0.2, -0.15) is 5.10 Å². The highest BCUT2D eigenvalue weighted by Crippen LogP contribution is 2.38. The van der Waals surface area contributed by atoms with E-state index in [1.54, 1.807) is 4.90 Å². The topological polar surface area (TPSA) is 108 Å². The largest absolute Gasteiger partial charge is 0.493 e. The van der Waals surface area contributed by atoms with Gasteiger partial charge in [0.15, 0.2) is 12.0 Å². The summed E-state index contributed by atoms with van der Waals surface area (Å²) in [5.74, 6) is -2.58. The molecule has 3 aromatic rings. The van der Waals surface area contributed by atoms with E-state index in [4.69, 9.17) is 28.8 Å². The average Bonchev–Trinajstić information content (AvgIpc) is 3.39. The molecule has 2 fully saturated rings. The lowest BCUT2D eigenvalue weighted by Crippen LogP contribution is -2.59. The SMILES string of the molecule is CCOC1(OCC)CCN(C(=O)OC(C)(C)C)CC1C(=N)c1nn(C2CCCCO2)c2ccc(OCCc3cc(F)cc(F)c3)cc12. The van der Waals surface area contributed by atoms with Gasteiger partial charge in [0.05, 0.1) is 23.8 Å². The van der Waals surface area contributed by atoms with E-state index in [0.717, 1.165) is 30.8 Å². The molecule has 256 valence electrons. The number of nitrogens with zero attached hydrogens (tertiary/aromatic N) is 3. The van der Waals surface area contributed by atoms with Gasteiger partial charge >= 0.3 is 6.09 Å². The van der Waals surface area contributed by atoms with Crippen LogP contribution in [0.1, 0.15) is 77.8 Å². The molecule has 47 heavy (non-hydrogen) atoms. The Morgan fingerprint density at radius 1 is 1.09 bits per heavy atom. The normalized spacial score (nSPS) is 19.9. The third kappa shape index (κ3) is 8.10. The minimum atomic E-state index is -1.15. The lowest BCUT2D eigenvalue weighted by Gasteiger charge is -2.46. The highest BCUT2D eigenvalue weighted by Gasteiger charge is 2.50. The fraction of sp³-hybridized carbons (Fsp3) is 0.571. The van der Waals surface area contributed by atoms with Gasteiger partial charge in [-0.1, -0.05) is 0 Å². The Kier molecular flexibility index (Phi) is 10.8. The number of hydrogen-bond donors (Lipinski definition) is 1. The van der Waals surface area contributed by atoms with Crippen molar-refractivity contribution in [3.05, 3.63) is 59.3 Å². The van der Waals surface area contributed by atoms with Gasteiger partial charge in [0, 0.05) is 57.2 Å². The molecule has 0 bridgehead atoms. The van der Waals surface area contributed by atoms with Gasteiger partial charge in [0.25, 0.3) is 0 Å². The lowest BCUT2D eigenvalue weighted by molar-refractivity contribution is -0.267. The maximum atomic E-state index is 13.7. The summed E-state index contributed by atoms with van der Waals surface area (Å²) >= 11 is 0. The van der Waals surface area contributed by atoms with E-state index < -0.39 is 35.0 Å². The molecule has 2 aliphatic rings. The zero-order chi connectivity index (χ0) is 33.8. The van der Waals surface area contributed by atoms with Crippen LogP contribution in [0, 0.1) is 23.0 Å². The van der Waals surface area contributed by atoms with Crippen molar-refractivity contribution in [1.29, 1.82) is 5.41 Å². The van der Waals surface area contributed by atoms with E-state index >= 15 is 0 Å². The molecule has 2 atom stereocenters. The summed E-state index contributed by atoms with van der Waals surface area (Å²) in [4.78, 5) is 14.8. The molecule has 0 aliphatic carbocycles. The smallest absolute Gasteiger partial charge is 0.410 e. The predicted octanol–water partition coefficient (Wildman–Crippen LogP) is 7.03. The molecule has 1 N–H and O–H groups in total. The van der Waals surface area contributed by atoms with Crippen molar-refractivity contribution < 1.29 is 37.3 Å². The number of rotatable bonds is 11. The van der Waals surface area contributed by atoms with E-state index in [1.165, 1.54) is 12.1 Å². The number of halogens is 2. The first kappa shape index (κ1) is 34.7. The monoisotopic (exact) mass is 656 g/mol. The number of benzene rings is 2. The van der Waals surface area contributed by atoms with Crippen LogP contribution in [-0.2, 0) is 25.4 Å². The van der Waals surface area contributed by atoms with Crippen LogP contribution in [0.25, 0.3) is 10.9 Å². The minimum absolute atomic E-state index is 0.141. The summed E-state index contributed by atoms with van der Waals surface area (Å²) in [5, 5.41) is 15.3. The molecular formula is C35H46F2N4O6. The molecule has 10 nitrogen and oxygen atoms in total. The molecule has 2 aromatic carbocycles. The maximum absolute atomic E-state index is 13.7. The fourth-order valence-corrected chi connectivity index (χ4v) is 6.35. The molecule has 1 amide bonds. The highest BCUT2D eigenvalue weighted by atomic mass is 19.1. The van der Waals surface area contributed by atoms with E-state index in [2.05, 4.69) is 0 Å². The summed E-state index contributed by atoms with van der Waals surface area (Å²) in [7, 11) is 0. The van der Waals surface area contributed by atoms with Crippen molar-refractivity contribution in [1.82, 2.24) is 14.7 Å². The Morgan fingerprint density at radius 2 is 1.81 bits per heavy atom.